The van der Waals surface area contributed by atoms with Gasteiger partial charge in [0, 0.05) is 18.2 Å². The second kappa shape index (κ2) is 7.17. The van der Waals surface area contributed by atoms with Crippen molar-refractivity contribution in [3.63, 3.8) is 0 Å². The number of nitrogens with zero attached hydrogens (tertiary/aromatic N) is 1. The molecule has 0 saturated heterocycles. The predicted molar refractivity (Wildman–Crippen MR) is 90.4 cm³/mol. The van der Waals surface area contributed by atoms with Crippen LogP contribution in [0.3, 0.4) is 0 Å². The van der Waals surface area contributed by atoms with E-state index in [1.165, 1.54) is 6.26 Å². The van der Waals surface area contributed by atoms with E-state index in [0.29, 0.717) is 12.8 Å². The molecule has 1 N–H and O–H groups in total. The van der Waals surface area contributed by atoms with Gasteiger partial charge in [0.25, 0.3) is 0 Å². The highest BCUT2D eigenvalue weighted by molar-refractivity contribution is 7.90. The number of amides is 1. The Labute approximate surface area is 142 Å². The molecular formula is C17H22N2O4S. The molecule has 0 fully saturated rings. The number of aryl methyl sites for hydroxylation is 2. The Hall–Kier alpha value is -2.15. The van der Waals surface area contributed by atoms with E-state index < -0.39 is 9.84 Å². The fourth-order valence-corrected chi connectivity index (χ4v) is 3.13. The van der Waals surface area contributed by atoms with Gasteiger partial charge >= 0.3 is 0 Å². The van der Waals surface area contributed by atoms with Gasteiger partial charge in [0.05, 0.1) is 16.6 Å². The van der Waals surface area contributed by atoms with Gasteiger partial charge in [-0.25, -0.2) is 8.42 Å². The molecule has 130 valence electrons. The molecule has 24 heavy (non-hydrogen) atoms. The molecule has 0 bridgehead atoms. The number of rotatable bonds is 6. The average molecular weight is 350 g/mol. The standard InChI is InChI=1S/C17H22N2O4S/c1-11(14-5-7-15(8-6-14)24(4,21)22)18-17(20)10-9-16-12(2)19-23-13(16)3/h5-8,11H,9-10H2,1-4H3,(H,18,20)/t11-/m1/s1. The molecule has 0 saturated carbocycles. The van der Waals surface area contributed by atoms with E-state index in [1.807, 2.05) is 20.8 Å². The summed E-state index contributed by atoms with van der Waals surface area (Å²) in [5, 5.41) is 6.79. The van der Waals surface area contributed by atoms with Crippen molar-refractivity contribution in [2.45, 2.75) is 44.6 Å². The minimum Gasteiger partial charge on any atom is -0.361 e. The maximum atomic E-state index is 12.1. The third-order valence-corrected chi connectivity index (χ3v) is 5.10. The maximum absolute atomic E-state index is 12.1. The molecule has 0 unspecified atom stereocenters. The number of hydrogen-bond acceptors (Lipinski definition) is 5. The molecule has 2 aromatic rings. The van der Waals surface area contributed by atoms with Gasteiger partial charge < -0.3 is 9.84 Å². The molecule has 0 aliphatic heterocycles. The van der Waals surface area contributed by atoms with E-state index in [4.69, 9.17) is 4.52 Å². The van der Waals surface area contributed by atoms with Gasteiger partial charge in [-0.05, 0) is 44.9 Å². The second-order valence-electron chi connectivity index (χ2n) is 5.93. The van der Waals surface area contributed by atoms with Crippen LogP contribution in [0.15, 0.2) is 33.7 Å². The summed E-state index contributed by atoms with van der Waals surface area (Å²) in [5.74, 6) is 0.666. The molecule has 1 aromatic carbocycles. The summed E-state index contributed by atoms with van der Waals surface area (Å²) in [6.45, 7) is 5.55. The molecule has 1 aromatic heterocycles. The van der Waals surface area contributed by atoms with E-state index >= 15 is 0 Å². The van der Waals surface area contributed by atoms with Crippen LogP contribution in [0.2, 0.25) is 0 Å². The zero-order chi connectivity index (χ0) is 17.9. The van der Waals surface area contributed by atoms with Gasteiger partial charge in [0.1, 0.15) is 5.76 Å². The molecular weight excluding hydrogens is 328 g/mol. The number of benzene rings is 1. The number of carbonyl (C=O) groups excluding carboxylic acids is 1. The highest BCUT2D eigenvalue weighted by Gasteiger charge is 2.14. The normalized spacial score (nSPS) is 12.8. The number of nitrogens with one attached hydrogen (secondary N) is 1. The summed E-state index contributed by atoms with van der Waals surface area (Å²) in [7, 11) is -3.21. The Balaban J connectivity index is 1.94. The number of hydrogen-bond donors (Lipinski definition) is 1. The molecule has 1 atom stereocenters. The first-order valence-electron chi connectivity index (χ1n) is 7.69. The van der Waals surface area contributed by atoms with E-state index in [-0.39, 0.29) is 16.8 Å². The Morgan fingerprint density at radius 3 is 2.38 bits per heavy atom. The lowest BCUT2D eigenvalue weighted by Gasteiger charge is -2.14. The largest absolute Gasteiger partial charge is 0.361 e. The van der Waals surface area contributed by atoms with Gasteiger partial charge in [-0.3, -0.25) is 4.79 Å². The van der Waals surface area contributed by atoms with Crippen molar-refractivity contribution < 1.29 is 17.7 Å². The Bertz CT molecular complexity index is 803. The first-order valence-corrected chi connectivity index (χ1v) is 9.58. The molecule has 0 aliphatic carbocycles. The summed E-state index contributed by atoms with van der Waals surface area (Å²) >= 11 is 0. The van der Waals surface area contributed by atoms with E-state index in [1.54, 1.807) is 24.3 Å². The first-order chi connectivity index (χ1) is 11.2. The fourth-order valence-electron chi connectivity index (χ4n) is 2.50. The Morgan fingerprint density at radius 1 is 1.25 bits per heavy atom. The monoisotopic (exact) mass is 350 g/mol. The zero-order valence-electron chi connectivity index (χ0n) is 14.3. The van der Waals surface area contributed by atoms with Crippen LogP contribution in [-0.2, 0) is 21.1 Å². The van der Waals surface area contributed by atoms with Crippen molar-refractivity contribution in [2.24, 2.45) is 0 Å². The number of sulfone groups is 1. The first kappa shape index (κ1) is 18.2. The lowest BCUT2D eigenvalue weighted by atomic mass is 10.1. The van der Waals surface area contributed by atoms with Crippen LogP contribution < -0.4 is 5.32 Å². The van der Waals surface area contributed by atoms with E-state index in [0.717, 1.165) is 22.6 Å². The minimum atomic E-state index is -3.21. The van der Waals surface area contributed by atoms with Gasteiger partial charge in [-0.15, -0.1) is 0 Å². The summed E-state index contributed by atoms with van der Waals surface area (Å²) in [4.78, 5) is 12.4. The molecule has 6 nitrogen and oxygen atoms in total. The smallest absolute Gasteiger partial charge is 0.220 e. The summed E-state index contributed by atoms with van der Waals surface area (Å²) in [6.07, 6.45) is 2.09. The fraction of sp³-hybridized carbons (Fsp3) is 0.412. The van der Waals surface area contributed by atoms with Crippen molar-refractivity contribution >= 4 is 15.7 Å². The lowest BCUT2D eigenvalue weighted by molar-refractivity contribution is -0.121. The molecule has 0 radical (unpaired) electrons. The summed E-state index contributed by atoms with van der Waals surface area (Å²) < 4.78 is 28.0. The predicted octanol–water partition coefficient (Wildman–Crippen LogP) is 2.50. The average Bonchev–Trinajstić information content (AvgIpc) is 2.83. The zero-order valence-corrected chi connectivity index (χ0v) is 15.1. The van der Waals surface area contributed by atoms with Crippen molar-refractivity contribution in [1.82, 2.24) is 10.5 Å². The van der Waals surface area contributed by atoms with Crippen molar-refractivity contribution in [3.8, 4) is 0 Å². The third-order valence-electron chi connectivity index (χ3n) is 3.97. The molecule has 1 heterocycles. The van der Waals surface area contributed by atoms with Gasteiger partial charge in [0.2, 0.25) is 5.91 Å². The topological polar surface area (TPSA) is 89.3 Å². The van der Waals surface area contributed by atoms with Crippen molar-refractivity contribution in [2.75, 3.05) is 6.26 Å². The maximum Gasteiger partial charge on any atom is 0.220 e. The highest BCUT2D eigenvalue weighted by atomic mass is 32.2. The van der Waals surface area contributed by atoms with Crippen LogP contribution >= 0.6 is 0 Å². The SMILES string of the molecule is Cc1noc(C)c1CCC(=O)N[C@H](C)c1ccc(S(C)(=O)=O)cc1. The van der Waals surface area contributed by atoms with Crippen LogP contribution in [0, 0.1) is 13.8 Å². The van der Waals surface area contributed by atoms with Crippen LogP contribution in [0.1, 0.15) is 42.0 Å². The minimum absolute atomic E-state index is 0.0744. The van der Waals surface area contributed by atoms with Gasteiger partial charge in [0.15, 0.2) is 9.84 Å². The second-order valence-corrected chi connectivity index (χ2v) is 7.95. The molecule has 1 amide bonds. The number of aromatic nitrogens is 1. The lowest BCUT2D eigenvalue weighted by Crippen LogP contribution is -2.26. The van der Waals surface area contributed by atoms with Crippen molar-refractivity contribution in [3.05, 3.63) is 46.8 Å². The quantitative estimate of drug-likeness (QED) is 0.864. The molecule has 7 heteroatoms. The van der Waals surface area contributed by atoms with Crippen molar-refractivity contribution in [1.29, 1.82) is 0 Å². The van der Waals surface area contributed by atoms with E-state index in [9.17, 15) is 13.2 Å². The molecule has 0 spiro atoms. The van der Waals surface area contributed by atoms with Crippen LogP contribution in [0.4, 0.5) is 0 Å². The van der Waals surface area contributed by atoms with E-state index in [2.05, 4.69) is 10.5 Å². The molecule has 0 aliphatic rings. The Kier molecular flexibility index (Phi) is 5.43. The Morgan fingerprint density at radius 2 is 1.88 bits per heavy atom. The van der Waals surface area contributed by atoms with Crippen LogP contribution in [0.25, 0.3) is 0 Å². The van der Waals surface area contributed by atoms with Gasteiger partial charge in [-0.2, -0.15) is 0 Å². The summed E-state index contributed by atoms with van der Waals surface area (Å²) in [6, 6.07) is 6.34. The number of carbonyl (C=O) groups is 1. The van der Waals surface area contributed by atoms with Crippen LogP contribution in [0.5, 0.6) is 0 Å². The molecule has 2 rings (SSSR count). The highest BCUT2D eigenvalue weighted by Crippen LogP contribution is 2.17. The van der Waals surface area contributed by atoms with Gasteiger partial charge in [-0.1, -0.05) is 17.3 Å². The van der Waals surface area contributed by atoms with Crippen LogP contribution in [-0.4, -0.2) is 25.7 Å². The summed E-state index contributed by atoms with van der Waals surface area (Å²) in [5.41, 5.74) is 2.63. The third kappa shape index (κ3) is 4.44.